The van der Waals surface area contributed by atoms with Crippen LogP contribution in [-0.4, -0.2) is 65.1 Å². The van der Waals surface area contributed by atoms with E-state index in [9.17, 15) is 9.59 Å². The molecule has 3 heterocycles. The summed E-state index contributed by atoms with van der Waals surface area (Å²) in [7, 11) is 5.02. The van der Waals surface area contributed by atoms with Crippen LogP contribution in [0.4, 0.5) is 0 Å². The van der Waals surface area contributed by atoms with E-state index in [4.69, 9.17) is 21.1 Å². The van der Waals surface area contributed by atoms with Gasteiger partial charge in [0.1, 0.15) is 22.8 Å². The lowest BCUT2D eigenvalue weighted by atomic mass is 9.57. The predicted octanol–water partition coefficient (Wildman–Crippen LogP) is 2.85. The Balaban J connectivity index is 1.10. The van der Waals surface area contributed by atoms with E-state index in [1.54, 1.807) is 31.9 Å². The summed E-state index contributed by atoms with van der Waals surface area (Å²) in [5.41, 5.74) is 2.31. The van der Waals surface area contributed by atoms with Gasteiger partial charge < -0.3 is 24.3 Å². The summed E-state index contributed by atoms with van der Waals surface area (Å²) < 4.78 is 12.4. The fourth-order valence-electron chi connectivity index (χ4n) is 5.32. The molecule has 10 heteroatoms. The number of likely N-dealkylation sites (tertiary alicyclic amines) is 1. The summed E-state index contributed by atoms with van der Waals surface area (Å²) in [6, 6.07) is 7.53. The van der Waals surface area contributed by atoms with Crippen LogP contribution in [0.25, 0.3) is 11.0 Å². The predicted molar refractivity (Wildman–Crippen MR) is 131 cm³/mol. The average molecular weight is 498 g/mol. The molecule has 2 fully saturated rings. The number of hydrogen-bond donors (Lipinski definition) is 1. The van der Waals surface area contributed by atoms with Gasteiger partial charge in [0.25, 0.3) is 5.91 Å². The Kier molecular flexibility index (Phi) is 6.04. The van der Waals surface area contributed by atoms with Gasteiger partial charge in [0.15, 0.2) is 11.5 Å². The molecule has 1 aliphatic carbocycles. The maximum absolute atomic E-state index is 13.1. The summed E-state index contributed by atoms with van der Waals surface area (Å²) in [5.74, 6) is 1.41. The molecule has 3 aromatic rings. The lowest BCUT2D eigenvalue weighted by molar-refractivity contribution is -0.140. The standard InChI is InChI=1S/C25H28ClN5O4/c1-30-18(9-17-21(26)28-14-29-22(17)30)24(33)31-12-25(13-31)10-16(11-25)23(32)27-7-6-15-4-5-19(34-2)20(8-15)35-3/h4-5,8-9,14,16H,6-7,10-13H2,1-3H3,(H,27,32). The van der Waals surface area contributed by atoms with Crippen molar-refractivity contribution in [3.63, 3.8) is 0 Å². The maximum atomic E-state index is 13.1. The molecule has 2 aliphatic rings. The van der Waals surface area contributed by atoms with Crippen molar-refractivity contribution < 1.29 is 19.1 Å². The van der Waals surface area contributed by atoms with Crippen LogP contribution < -0.4 is 14.8 Å². The van der Waals surface area contributed by atoms with Crippen LogP contribution in [0.2, 0.25) is 5.15 Å². The van der Waals surface area contributed by atoms with E-state index >= 15 is 0 Å². The number of hydrogen-bond acceptors (Lipinski definition) is 6. The molecular weight excluding hydrogens is 470 g/mol. The van der Waals surface area contributed by atoms with Crippen LogP contribution in [0.1, 0.15) is 28.9 Å². The number of benzene rings is 1. The van der Waals surface area contributed by atoms with E-state index in [0.29, 0.717) is 59.4 Å². The van der Waals surface area contributed by atoms with Gasteiger partial charge in [-0.15, -0.1) is 0 Å². The van der Waals surface area contributed by atoms with Gasteiger partial charge in [-0.1, -0.05) is 17.7 Å². The molecule has 1 spiro atoms. The fraction of sp³-hybridized carbons (Fsp3) is 0.440. The van der Waals surface area contributed by atoms with Crippen molar-refractivity contribution >= 4 is 34.4 Å². The van der Waals surface area contributed by atoms with Gasteiger partial charge in [0, 0.05) is 38.0 Å². The van der Waals surface area contributed by atoms with Crippen LogP contribution in [0.5, 0.6) is 11.5 Å². The molecular formula is C25H28ClN5O4. The average Bonchev–Trinajstić information content (AvgIpc) is 3.14. The molecule has 5 rings (SSSR count). The van der Waals surface area contributed by atoms with Crippen molar-refractivity contribution in [1.29, 1.82) is 0 Å². The van der Waals surface area contributed by atoms with Crippen LogP contribution in [-0.2, 0) is 18.3 Å². The molecule has 1 saturated carbocycles. The van der Waals surface area contributed by atoms with Gasteiger partial charge >= 0.3 is 0 Å². The summed E-state index contributed by atoms with van der Waals surface area (Å²) in [6.45, 7) is 1.90. The first-order chi connectivity index (χ1) is 16.8. The highest BCUT2D eigenvalue weighted by Crippen LogP contribution is 2.52. The van der Waals surface area contributed by atoms with E-state index in [-0.39, 0.29) is 23.1 Å². The first-order valence-corrected chi connectivity index (χ1v) is 12.0. The van der Waals surface area contributed by atoms with E-state index in [0.717, 1.165) is 18.4 Å². The number of rotatable bonds is 7. The van der Waals surface area contributed by atoms with Crippen molar-refractivity contribution in [3.8, 4) is 11.5 Å². The zero-order valence-electron chi connectivity index (χ0n) is 20.0. The number of aryl methyl sites for hydroxylation is 1. The molecule has 0 radical (unpaired) electrons. The third kappa shape index (κ3) is 4.18. The minimum atomic E-state index is -0.0463. The first kappa shape index (κ1) is 23.4. The highest BCUT2D eigenvalue weighted by Gasteiger charge is 2.55. The molecule has 35 heavy (non-hydrogen) atoms. The molecule has 0 atom stereocenters. The molecule has 9 nitrogen and oxygen atoms in total. The zero-order chi connectivity index (χ0) is 24.7. The van der Waals surface area contributed by atoms with Crippen molar-refractivity contribution in [3.05, 3.63) is 47.0 Å². The minimum Gasteiger partial charge on any atom is -0.493 e. The van der Waals surface area contributed by atoms with Crippen LogP contribution in [0, 0.1) is 11.3 Å². The van der Waals surface area contributed by atoms with Gasteiger partial charge in [0.2, 0.25) is 5.91 Å². The third-order valence-electron chi connectivity index (χ3n) is 7.22. The summed E-state index contributed by atoms with van der Waals surface area (Å²) in [4.78, 5) is 35.7. The number of fused-ring (bicyclic) bond motifs is 1. The van der Waals surface area contributed by atoms with Gasteiger partial charge in [-0.3, -0.25) is 9.59 Å². The number of methoxy groups -OCH3 is 2. The molecule has 1 saturated heterocycles. The lowest BCUT2D eigenvalue weighted by Gasteiger charge is -2.58. The molecule has 2 amide bonds. The second-order valence-corrected chi connectivity index (χ2v) is 9.85. The number of nitrogens with one attached hydrogen (secondary N) is 1. The Labute approximate surface area is 208 Å². The molecule has 184 valence electrons. The van der Waals surface area contributed by atoms with Crippen molar-refractivity contribution in [1.82, 2.24) is 24.8 Å². The first-order valence-electron chi connectivity index (χ1n) is 11.6. The summed E-state index contributed by atoms with van der Waals surface area (Å²) in [5, 5.41) is 4.06. The number of carbonyl (C=O) groups is 2. The Morgan fingerprint density at radius 2 is 1.89 bits per heavy atom. The summed E-state index contributed by atoms with van der Waals surface area (Å²) in [6.07, 6.45) is 3.73. The van der Waals surface area contributed by atoms with Crippen molar-refractivity contribution in [2.75, 3.05) is 33.9 Å². The topological polar surface area (TPSA) is 98.6 Å². The summed E-state index contributed by atoms with van der Waals surface area (Å²) >= 11 is 6.16. The number of halogens is 1. The fourth-order valence-corrected chi connectivity index (χ4v) is 5.50. The molecule has 2 aromatic heterocycles. The Morgan fingerprint density at radius 3 is 2.57 bits per heavy atom. The van der Waals surface area contributed by atoms with Crippen molar-refractivity contribution in [2.24, 2.45) is 18.4 Å². The monoisotopic (exact) mass is 497 g/mol. The largest absolute Gasteiger partial charge is 0.493 e. The highest BCUT2D eigenvalue weighted by atomic mass is 35.5. The van der Waals surface area contributed by atoms with Crippen LogP contribution in [0.15, 0.2) is 30.6 Å². The van der Waals surface area contributed by atoms with E-state index in [2.05, 4.69) is 15.3 Å². The maximum Gasteiger partial charge on any atom is 0.270 e. The van der Waals surface area contributed by atoms with Crippen LogP contribution in [0.3, 0.4) is 0 Å². The molecule has 1 aromatic carbocycles. The molecule has 0 unspecified atom stereocenters. The number of aromatic nitrogens is 3. The van der Waals surface area contributed by atoms with Crippen molar-refractivity contribution in [2.45, 2.75) is 19.3 Å². The van der Waals surface area contributed by atoms with Gasteiger partial charge in [-0.05, 0) is 43.0 Å². The van der Waals surface area contributed by atoms with E-state index in [1.165, 1.54) is 6.33 Å². The molecule has 0 bridgehead atoms. The Morgan fingerprint density at radius 1 is 1.14 bits per heavy atom. The van der Waals surface area contributed by atoms with Gasteiger partial charge in [-0.2, -0.15) is 0 Å². The second-order valence-electron chi connectivity index (χ2n) is 9.49. The normalized spacial score (nSPS) is 16.6. The third-order valence-corrected chi connectivity index (χ3v) is 7.52. The van der Waals surface area contributed by atoms with Crippen LogP contribution >= 0.6 is 11.6 Å². The molecule has 1 aliphatic heterocycles. The number of ether oxygens (including phenoxy) is 2. The number of nitrogens with zero attached hydrogens (tertiary/aromatic N) is 4. The Bertz CT molecular complexity index is 1290. The SMILES string of the molecule is COc1ccc(CCNC(=O)C2CC3(C2)CN(C(=O)c2cc4c(Cl)ncnc4n2C)C3)cc1OC. The van der Waals surface area contributed by atoms with Gasteiger partial charge in [-0.25, -0.2) is 9.97 Å². The lowest BCUT2D eigenvalue weighted by Crippen LogP contribution is -2.65. The Hall–Kier alpha value is -3.33. The van der Waals surface area contributed by atoms with E-state index < -0.39 is 0 Å². The smallest absolute Gasteiger partial charge is 0.270 e. The number of carbonyl (C=O) groups excluding carboxylic acids is 2. The second kappa shape index (κ2) is 9.03. The quantitative estimate of drug-likeness (QED) is 0.504. The zero-order valence-corrected chi connectivity index (χ0v) is 20.8. The van der Waals surface area contributed by atoms with Gasteiger partial charge in [0.05, 0.1) is 19.6 Å². The highest BCUT2D eigenvalue weighted by molar-refractivity contribution is 6.34. The minimum absolute atomic E-state index is 0.00404. The van der Waals surface area contributed by atoms with E-state index in [1.807, 2.05) is 23.1 Å². The molecule has 1 N–H and O–H groups in total. The number of amides is 2.